The third-order valence-electron chi connectivity index (χ3n) is 20.7. The number of carboxylic acids is 1. The molecule has 0 amide bonds. The minimum atomic E-state index is -0.919. The maximum atomic E-state index is 12.0. The second-order valence-corrected chi connectivity index (χ2v) is 28.3. The van der Waals surface area contributed by atoms with Crippen LogP contribution in [0.5, 0.6) is 0 Å². The second-order valence-electron chi connectivity index (χ2n) is 28.3. The van der Waals surface area contributed by atoms with Crippen LogP contribution in [-0.2, 0) is 124 Å². The highest BCUT2D eigenvalue weighted by atomic mass is 16.6. The van der Waals surface area contributed by atoms with Gasteiger partial charge in [-0.05, 0) is 167 Å². The number of carbonyl (C=O) groups is 12. The summed E-state index contributed by atoms with van der Waals surface area (Å²) < 4.78 is 72.5. The van der Waals surface area contributed by atoms with Gasteiger partial charge in [0.15, 0.2) is 11.6 Å². The molecule has 0 aromatic rings. The van der Waals surface area contributed by atoms with Crippen LogP contribution in [0.4, 0.5) is 0 Å². The number of methoxy groups -OCH3 is 2. The fourth-order valence-corrected chi connectivity index (χ4v) is 13.8. The first-order valence-electron chi connectivity index (χ1n) is 41.1. The lowest BCUT2D eigenvalue weighted by atomic mass is 9.81. The zero-order valence-electron chi connectivity index (χ0n) is 69.8. The molecule has 8 heterocycles. The summed E-state index contributed by atoms with van der Waals surface area (Å²) in [4.78, 5) is 134. The molecule has 28 heteroatoms. The summed E-state index contributed by atoms with van der Waals surface area (Å²) in [6, 6.07) is -0.483. The number of carbonyl (C=O) groups excluding carboxylic acids is 11. The molecule has 642 valence electrons. The van der Waals surface area contributed by atoms with Gasteiger partial charge in [-0.3, -0.25) is 43.2 Å². The first-order valence-corrected chi connectivity index (χ1v) is 41.1. The number of rotatable bonds is 29. The number of Topliss-reactive ketones (excluding diaryl/α,β-unsaturated/α-hetero) is 1. The SMILES string of the molecule is CCC1CC(=O)C=CO1.CCC1CC(=O)C=CO1.CCC1CC(=O)CCO1.CCOC(=O)/C(CC=O)=C1/CCOC(CC)C1.CCOC(=O)[C@H](CC(=O)OC)[C@H]1CCO[C@H](CC)C1.CCOC(=O)[C@H](CC=O)[C@H]1CCO[C@H](CC)C1.CCOC(=O)[C@H](N)[C@H]1CCO[C@H](CC)C1.CC[C@@H]1C[C@@H]([C@@H](CC(=O)OC)C(=O)O)CCO1. The molecule has 16 atom stereocenters. The Labute approximate surface area is 666 Å². The molecule has 6 saturated heterocycles. The normalized spacial score (nSPS) is 25.9. The Bertz CT molecular complexity index is 2770. The van der Waals surface area contributed by atoms with Gasteiger partial charge in [-0.25, -0.2) is 4.79 Å². The van der Waals surface area contributed by atoms with Gasteiger partial charge < -0.3 is 86.7 Å². The molecule has 0 aromatic carbocycles. The van der Waals surface area contributed by atoms with Gasteiger partial charge in [0.2, 0.25) is 0 Å². The predicted octanol–water partition coefficient (Wildman–Crippen LogP) is 12.1. The zero-order valence-corrected chi connectivity index (χ0v) is 69.8. The highest BCUT2D eigenvalue weighted by molar-refractivity contribution is 5.92. The highest BCUT2D eigenvalue weighted by Crippen LogP contribution is 2.35. The Kier molecular flexibility index (Phi) is 57.6. The summed E-state index contributed by atoms with van der Waals surface area (Å²) >= 11 is 0. The zero-order chi connectivity index (χ0) is 83.8. The minimum absolute atomic E-state index is 0.00491. The Morgan fingerprint density at radius 2 is 0.812 bits per heavy atom. The standard InChI is InChI=1S/C14H24O5.C13H22O4.C13H20O4.C12H20O5.C11H21NO3.C7H12O2.2C7H10O2/c1-4-11-8-10(6-7-19-11)12(9-13(15)17-3)14(16)18-5-2;2*1-3-11-9-10(6-8-17-11)12(5-7-14)13(15)16-4-2;1-3-9-6-8(4-5-17-9)10(12(14)15)7-11(13)16-2;1-3-9-7-8(5-6-15-9)10(12)11(13)14-4-2;3*1-2-7-5-6(8)3-4-9-7/h10-12H,4-9H2,1-3H3;7,10-12H,3-6,8-9H2,1-2H3;7,11H,3-6,8-9H2,1-2H3;8-10H,3-7H2,1-2H3,(H,14,15);8-10H,3-7,12H2,1-2H3;7H,2-5H2,1H3;2*3-4,7H,2,5H2,1H3/b;;12-10-;;;;;/t2*10-,11+,12+;;2*8-,9+,10+;;;/m00.00.../s1. The van der Waals surface area contributed by atoms with Crippen LogP contribution in [0.1, 0.15) is 250 Å². The van der Waals surface area contributed by atoms with Crippen molar-refractivity contribution < 1.29 is 129 Å². The van der Waals surface area contributed by atoms with Crippen molar-refractivity contribution in [1.29, 1.82) is 0 Å². The average Bonchev–Trinajstić information content (AvgIpc) is 0.871. The number of ketones is 3. The van der Waals surface area contributed by atoms with Gasteiger partial charge in [-0.15, -0.1) is 0 Å². The molecule has 6 fully saturated rings. The van der Waals surface area contributed by atoms with E-state index in [2.05, 4.69) is 37.2 Å². The van der Waals surface area contributed by atoms with Crippen LogP contribution in [0, 0.1) is 41.4 Å². The van der Waals surface area contributed by atoms with Crippen molar-refractivity contribution in [3.63, 3.8) is 0 Å². The van der Waals surface area contributed by atoms with E-state index in [4.69, 9.17) is 62.6 Å². The molecule has 28 nitrogen and oxygen atoms in total. The maximum Gasteiger partial charge on any atom is 0.334 e. The van der Waals surface area contributed by atoms with Gasteiger partial charge in [-0.1, -0.05) is 61.0 Å². The van der Waals surface area contributed by atoms with E-state index >= 15 is 0 Å². The Morgan fingerprint density at radius 1 is 0.446 bits per heavy atom. The topological polar surface area (TPSA) is 380 Å². The molecule has 8 aliphatic rings. The van der Waals surface area contributed by atoms with Crippen molar-refractivity contribution >= 4 is 71.7 Å². The van der Waals surface area contributed by atoms with Gasteiger partial charge in [0, 0.05) is 82.7 Å². The number of nitrogens with two attached hydrogens (primary N) is 1. The van der Waals surface area contributed by atoms with Crippen LogP contribution in [-0.4, -0.2) is 212 Å². The Balaban J connectivity index is 0.000000648. The molecule has 0 spiro atoms. The van der Waals surface area contributed by atoms with E-state index in [9.17, 15) is 62.6 Å². The van der Waals surface area contributed by atoms with Gasteiger partial charge in [0.05, 0.1) is 134 Å². The van der Waals surface area contributed by atoms with E-state index in [1.54, 1.807) is 27.7 Å². The van der Waals surface area contributed by atoms with Crippen molar-refractivity contribution in [2.24, 2.45) is 47.2 Å². The second kappa shape index (κ2) is 62.5. The third kappa shape index (κ3) is 42.5. The average molecular weight is 1600 g/mol. The number of aldehydes is 2. The van der Waals surface area contributed by atoms with Crippen LogP contribution < -0.4 is 5.73 Å². The summed E-state index contributed by atoms with van der Waals surface area (Å²) in [7, 11) is 2.61. The van der Waals surface area contributed by atoms with Crippen molar-refractivity contribution in [3.05, 3.63) is 35.8 Å². The number of hydrogen-bond donors (Lipinski definition) is 2. The monoisotopic (exact) mass is 1590 g/mol. The summed E-state index contributed by atoms with van der Waals surface area (Å²) in [6.07, 6.45) is 27.0. The molecule has 112 heavy (non-hydrogen) atoms. The molecular formula is C84H139NO27. The lowest BCUT2D eigenvalue weighted by Gasteiger charge is -2.32. The van der Waals surface area contributed by atoms with Gasteiger partial charge in [0.1, 0.15) is 36.6 Å². The molecule has 3 N–H and O–H groups in total. The van der Waals surface area contributed by atoms with Gasteiger partial charge in [-0.2, -0.15) is 0 Å². The van der Waals surface area contributed by atoms with Crippen molar-refractivity contribution in [2.45, 2.75) is 305 Å². The van der Waals surface area contributed by atoms with E-state index in [1.807, 2.05) is 27.7 Å². The first-order chi connectivity index (χ1) is 53.8. The lowest BCUT2D eigenvalue weighted by Crippen LogP contribution is -2.43. The highest BCUT2D eigenvalue weighted by Gasteiger charge is 2.38. The third-order valence-corrected chi connectivity index (χ3v) is 20.7. The molecule has 0 bridgehead atoms. The molecule has 0 aliphatic carbocycles. The molecule has 8 rings (SSSR count). The van der Waals surface area contributed by atoms with Crippen LogP contribution >= 0.6 is 0 Å². The number of esters is 6. The van der Waals surface area contributed by atoms with Crippen LogP contribution in [0.25, 0.3) is 0 Å². The van der Waals surface area contributed by atoms with Crippen molar-refractivity contribution in [1.82, 2.24) is 0 Å². The van der Waals surface area contributed by atoms with Gasteiger partial charge >= 0.3 is 41.8 Å². The van der Waals surface area contributed by atoms with Crippen molar-refractivity contribution in [2.75, 3.05) is 80.3 Å². The largest absolute Gasteiger partial charge is 0.497 e. The van der Waals surface area contributed by atoms with Crippen LogP contribution in [0.2, 0.25) is 0 Å². The molecule has 0 saturated carbocycles. The maximum absolute atomic E-state index is 12.0. The van der Waals surface area contributed by atoms with Crippen molar-refractivity contribution in [3.8, 4) is 0 Å². The minimum Gasteiger partial charge on any atom is -0.497 e. The Morgan fingerprint density at radius 3 is 1.18 bits per heavy atom. The van der Waals surface area contributed by atoms with E-state index in [0.29, 0.717) is 116 Å². The molecule has 0 aromatic heterocycles. The molecule has 0 radical (unpaired) electrons. The number of allylic oxidation sites excluding steroid dienone is 2. The lowest BCUT2D eigenvalue weighted by molar-refractivity contribution is -0.158. The summed E-state index contributed by atoms with van der Waals surface area (Å²) in [5.41, 5.74) is 7.42. The quantitative estimate of drug-likeness (QED) is 0.0304. The number of ether oxygens (including phenoxy) is 14. The van der Waals surface area contributed by atoms with E-state index in [1.165, 1.54) is 38.9 Å². The molecule has 8 aliphatic heterocycles. The van der Waals surface area contributed by atoms with Gasteiger partial charge in [0.25, 0.3) is 0 Å². The van der Waals surface area contributed by atoms with Crippen LogP contribution in [0.15, 0.2) is 35.8 Å². The number of hydrogen-bond acceptors (Lipinski definition) is 27. The first kappa shape index (κ1) is 103. The molecule has 4 unspecified atom stereocenters. The van der Waals surface area contributed by atoms with E-state index in [0.717, 1.165) is 121 Å². The predicted molar refractivity (Wildman–Crippen MR) is 417 cm³/mol. The summed E-state index contributed by atoms with van der Waals surface area (Å²) in [5, 5.41) is 9.18. The summed E-state index contributed by atoms with van der Waals surface area (Å²) in [6.45, 7) is 28.8. The smallest absolute Gasteiger partial charge is 0.334 e. The fraction of sp³-hybridized carbons (Fsp3) is 0.786. The number of aliphatic carboxylic acids is 1. The Hall–Kier alpha value is -6.82. The van der Waals surface area contributed by atoms with E-state index in [-0.39, 0.29) is 146 Å². The fourth-order valence-electron chi connectivity index (χ4n) is 13.8. The van der Waals surface area contributed by atoms with Crippen LogP contribution in [0.3, 0.4) is 0 Å². The summed E-state index contributed by atoms with van der Waals surface area (Å²) in [5.74, 6) is -2.98. The van der Waals surface area contributed by atoms with E-state index < -0.39 is 29.8 Å². The number of carboxylic acid groups (broad SMARTS) is 1. The molecular weight excluding hydrogens is 1450 g/mol.